The molecule has 2 nitrogen and oxygen atoms in total. The molecule has 20 heavy (non-hydrogen) atoms. The Hall–Kier alpha value is -2.42. The van der Waals surface area contributed by atoms with Crippen LogP contribution in [0.25, 0.3) is 10.9 Å². The summed E-state index contributed by atoms with van der Waals surface area (Å²) >= 11 is 0. The highest BCUT2D eigenvalue weighted by Crippen LogP contribution is 2.21. The number of carbonyl (C=O) groups excluding carboxylic acids is 1. The molecule has 3 rings (SSSR count). The molecule has 0 fully saturated rings. The predicted molar refractivity (Wildman–Crippen MR) is 77.5 cm³/mol. The maximum atomic E-state index is 13.3. The third-order valence-corrected chi connectivity index (χ3v) is 3.39. The highest BCUT2D eigenvalue weighted by Gasteiger charge is 2.13. The van der Waals surface area contributed by atoms with Crippen molar-refractivity contribution in [2.75, 3.05) is 0 Å². The number of halogens is 1. The molecule has 1 aromatic heterocycles. The van der Waals surface area contributed by atoms with Gasteiger partial charge in [0.1, 0.15) is 5.82 Å². The molecule has 0 unspecified atom stereocenters. The van der Waals surface area contributed by atoms with Crippen LogP contribution in [-0.2, 0) is 6.42 Å². The van der Waals surface area contributed by atoms with Crippen LogP contribution in [0.15, 0.2) is 48.7 Å². The number of Topliss-reactive ketones (excluding diaryl/α,β-unsaturated/α-hetero) is 1. The van der Waals surface area contributed by atoms with Gasteiger partial charge in [-0.3, -0.25) is 4.79 Å². The quantitative estimate of drug-likeness (QED) is 0.714. The predicted octanol–water partition coefficient (Wildman–Crippen LogP) is 4.04. The van der Waals surface area contributed by atoms with Crippen LogP contribution in [0.4, 0.5) is 4.39 Å². The largest absolute Gasteiger partial charge is 0.360 e. The van der Waals surface area contributed by atoms with Crippen molar-refractivity contribution in [3.63, 3.8) is 0 Å². The topological polar surface area (TPSA) is 32.9 Å². The van der Waals surface area contributed by atoms with E-state index in [1.165, 1.54) is 12.1 Å². The molecule has 0 aliphatic carbocycles. The van der Waals surface area contributed by atoms with E-state index < -0.39 is 0 Å². The summed E-state index contributed by atoms with van der Waals surface area (Å²) in [4.78, 5) is 15.4. The van der Waals surface area contributed by atoms with Gasteiger partial charge >= 0.3 is 0 Å². The summed E-state index contributed by atoms with van der Waals surface area (Å²) in [7, 11) is 0. The average molecular weight is 267 g/mol. The van der Waals surface area contributed by atoms with Crippen molar-refractivity contribution in [1.82, 2.24) is 4.98 Å². The molecule has 3 aromatic rings. The van der Waals surface area contributed by atoms with Crippen molar-refractivity contribution >= 4 is 16.7 Å². The maximum absolute atomic E-state index is 13.3. The molecule has 1 heterocycles. The third-order valence-electron chi connectivity index (χ3n) is 3.39. The Bertz CT molecular complexity index is 789. The van der Waals surface area contributed by atoms with Gasteiger partial charge in [-0.15, -0.1) is 0 Å². The van der Waals surface area contributed by atoms with Crippen LogP contribution in [-0.4, -0.2) is 10.8 Å². The van der Waals surface area contributed by atoms with Gasteiger partial charge in [0.2, 0.25) is 0 Å². The van der Waals surface area contributed by atoms with Crippen LogP contribution in [0.2, 0.25) is 0 Å². The number of carbonyl (C=O) groups is 1. The number of rotatable bonds is 3. The monoisotopic (exact) mass is 267 g/mol. The van der Waals surface area contributed by atoms with Crippen molar-refractivity contribution in [2.24, 2.45) is 0 Å². The second-order valence-electron chi connectivity index (χ2n) is 4.98. The summed E-state index contributed by atoms with van der Waals surface area (Å²) < 4.78 is 13.3. The summed E-state index contributed by atoms with van der Waals surface area (Å²) in [6, 6.07) is 12.3. The lowest BCUT2D eigenvalue weighted by Gasteiger charge is -2.02. The lowest BCUT2D eigenvalue weighted by atomic mass is 10.0. The van der Waals surface area contributed by atoms with Gasteiger partial charge in [0.25, 0.3) is 0 Å². The highest BCUT2D eigenvalue weighted by atomic mass is 19.1. The summed E-state index contributed by atoms with van der Waals surface area (Å²) in [6.45, 7) is 2.00. The summed E-state index contributed by atoms with van der Waals surface area (Å²) in [5, 5.41) is 0.641. The van der Waals surface area contributed by atoms with Gasteiger partial charge in [0, 0.05) is 29.1 Å². The Morgan fingerprint density at radius 1 is 1.20 bits per heavy atom. The molecule has 0 aliphatic heterocycles. The molecule has 0 saturated carbocycles. The highest BCUT2D eigenvalue weighted by molar-refractivity contribution is 6.08. The number of nitrogens with one attached hydrogen (secondary N) is 1. The molecule has 1 N–H and O–H groups in total. The van der Waals surface area contributed by atoms with E-state index in [1.54, 1.807) is 12.3 Å². The molecular formula is C17H14FNO. The molecule has 0 atom stereocenters. The number of H-pyrrole nitrogens is 1. The van der Waals surface area contributed by atoms with E-state index in [4.69, 9.17) is 0 Å². The van der Waals surface area contributed by atoms with Crippen LogP contribution in [0.3, 0.4) is 0 Å². The molecule has 0 bridgehead atoms. The van der Waals surface area contributed by atoms with Gasteiger partial charge in [-0.25, -0.2) is 4.39 Å². The van der Waals surface area contributed by atoms with Crippen LogP contribution >= 0.6 is 0 Å². The van der Waals surface area contributed by atoms with Crippen LogP contribution in [0.5, 0.6) is 0 Å². The minimum Gasteiger partial charge on any atom is -0.360 e. The molecule has 0 spiro atoms. The first kappa shape index (κ1) is 12.6. The Kier molecular flexibility index (Phi) is 3.11. The van der Waals surface area contributed by atoms with Gasteiger partial charge in [0.15, 0.2) is 5.78 Å². The molecule has 2 aromatic carbocycles. The molecule has 3 heteroatoms. The minimum absolute atomic E-state index is 0.00699. The number of benzene rings is 2. The first-order chi connectivity index (χ1) is 9.63. The van der Waals surface area contributed by atoms with E-state index in [2.05, 4.69) is 4.98 Å². The number of fused-ring (bicyclic) bond motifs is 1. The SMILES string of the molecule is Cc1cccc(CC(=O)c2c[nH]c3ccc(F)cc23)c1. The van der Waals surface area contributed by atoms with E-state index in [9.17, 15) is 9.18 Å². The standard InChI is InChI=1S/C17H14FNO/c1-11-3-2-4-12(7-11)8-17(20)15-10-19-16-6-5-13(18)9-14(15)16/h2-7,9-10,19H,8H2,1H3. The second kappa shape index (κ2) is 4.93. The zero-order valence-corrected chi connectivity index (χ0v) is 11.1. The molecule has 0 saturated heterocycles. The smallest absolute Gasteiger partial charge is 0.169 e. The second-order valence-corrected chi connectivity index (χ2v) is 4.98. The fraction of sp³-hybridized carbons (Fsp3) is 0.118. The van der Waals surface area contributed by atoms with Crippen molar-refractivity contribution in [1.29, 1.82) is 0 Å². The first-order valence-electron chi connectivity index (χ1n) is 6.49. The van der Waals surface area contributed by atoms with Gasteiger partial charge in [-0.1, -0.05) is 29.8 Å². The van der Waals surface area contributed by atoms with Crippen molar-refractivity contribution in [3.05, 3.63) is 71.2 Å². The molecule has 0 aliphatic rings. The molecule has 0 amide bonds. The molecular weight excluding hydrogens is 253 g/mol. The number of aromatic amines is 1. The lowest BCUT2D eigenvalue weighted by molar-refractivity contribution is 0.0994. The lowest BCUT2D eigenvalue weighted by Crippen LogP contribution is -2.03. The van der Waals surface area contributed by atoms with Crippen molar-refractivity contribution < 1.29 is 9.18 Å². The van der Waals surface area contributed by atoms with E-state index in [1.807, 2.05) is 31.2 Å². The fourth-order valence-corrected chi connectivity index (χ4v) is 2.43. The Morgan fingerprint density at radius 3 is 2.85 bits per heavy atom. The van der Waals surface area contributed by atoms with Gasteiger partial charge in [0.05, 0.1) is 0 Å². The van der Waals surface area contributed by atoms with E-state index in [-0.39, 0.29) is 11.6 Å². The number of hydrogen-bond donors (Lipinski definition) is 1. The van der Waals surface area contributed by atoms with Gasteiger partial charge in [-0.2, -0.15) is 0 Å². The summed E-state index contributed by atoms with van der Waals surface area (Å²) in [6.07, 6.45) is 1.98. The van der Waals surface area contributed by atoms with E-state index in [0.29, 0.717) is 17.4 Å². The zero-order valence-electron chi connectivity index (χ0n) is 11.1. The third kappa shape index (κ3) is 2.35. The normalized spacial score (nSPS) is 10.9. The summed E-state index contributed by atoms with van der Waals surface area (Å²) in [5.74, 6) is -0.339. The number of ketones is 1. The number of aryl methyl sites for hydroxylation is 1. The minimum atomic E-state index is -0.332. The first-order valence-corrected chi connectivity index (χ1v) is 6.49. The maximum Gasteiger partial charge on any atom is 0.169 e. The number of aromatic nitrogens is 1. The van der Waals surface area contributed by atoms with Crippen LogP contribution in [0, 0.1) is 12.7 Å². The van der Waals surface area contributed by atoms with Gasteiger partial charge < -0.3 is 4.98 Å². The Labute approximate surface area is 116 Å². The van der Waals surface area contributed by atoms with Crippen LogP contribution < -0.4 is 0 Å². The summed E-state index contributed by atoms with van der Waals surface area (Å²) in [5.41, 5.74) is 3.42. The Balaban J connectivity index is 1.94. The fourth-order valence-electron chi connectivity index (χ4n) is 2.43. The Morgan fingerprint density at radius 2 is 2.05 bits per heavy atom. The van der Waals surface area contributed by atoms with Crippen molar-refractivity contribution in [2.45, 2.75) is 13.3 Å². The number of hydrogen-bond acceptors (Lipinski definition) is 1. The van der Waals surface area contributed by atoms with Crippen LogP contribution in [0.1, 0.15) is 21.5 Å². The molecule has 100 valence electrons. The van der Waals surface area contributed by atoms with E-state index >= 15 is 0 Å². The molecule has 0 radical (unpaired) electrons. The van der Waals surface area contributed by atoms with Crippen molar-refractivity contribution in [3.8, 4) is 0 Å². The van der Waals surface area contributed by atoms with Gasteiger partial charge in [-0.05, 0) is 30.7 Å². The zero-order chi connectivity index (χ0) is 14.1. The van der Waals surface area contributed by atoms with E-state index in [0.717, 1.165) is 16.6 Å². The average Bonchev–Trinajstić information content (AvgIpc) is 2.81.